The molecule has 2 aromatic heterocycles. The molecule has 0 fully saturated rings. The zero-order valence-corrected chi connectivity index (χ0v) is 12.8. The number of nitrogens with zero attached hydrogens (tertiary/aromatic N) is 1. The number of aromatic nitrogens is 1. The minimum absolute atomic E-state index is 0.293. The van der Waals surface area contributed by atoms with Crippen LogP contribution < -0.4 is 10.0 Å². The Morgan fingerprint density at radius 3 is 2.62 bits per heavy atom. The van der Waals surface area contributed by atoms with Crippen LogP contribution in [0.3, 0.4) is 0 Å². The molecule has 2 heterocycles. The van der Waals surface area contributed by atoms with E-state index in [-0.39, 0.29) is 0 Å². The van der Waals surface area contributed by atoms with Crippen LogP contribution >= 0.6 is 11.3 Å². The van der Waals surface area contributed by atoms with E-state index in [1.54, 1.807) is 25.2 Å². The molecular formula is C14H13N3O2S2. The van der Waals surface area contributed by atoms with Gasteiger partial charge in [-0.05, 0) is 29.7 Å². The van der Waals surface area contributed by atoms with Crippen molar-refractivity contribution in [3.05, 3.63) is 48.7 Å². The molecule has 7 heteroatoms. The highest BCUT2D eigenvalue weighted by molar-refractivity contribution is 7.94. The number of thiophene rings is 1. The summed E-state index contributed by atoms with van der Waals surface area (Å²) in [5, 5.41) is 3.80. The van der Waals surface area contributed by atoms with E-state index >= 15 is 0 Å². The molecule has 0 aliphatic rings. The number of rotatable bonds is 4. The van der Waals surface area contributed by atoms with Crippen molar-refractivity contribution in [1.82, 2.24) is 4.98 Å². The maximum atomic E-state index is 12.4. The summed E-state index contributed by atoms with van der Waals surface area (Å²) in [5.41, 5.74) is 0.437. The van der Waals surface area contributed by atoms with E-state index in [2.05, 4.69) is 15.0 Å². The van der Waals surface area contributed by atoms with Crippen LogP contribution in [-0.4, -0.2) is 20.4 Å². The topological polar surface area (TPSA) is 71.1 Å². The van der Waals surface area contributed by atoms with Gasteiger partial charge < -0.3 is 5.32 Å². The van der Waals surface area contributed by atoms with Gasteiger partial charge in [-0.3, -0.25) is 4.72 Å². The third-order valence-electron chi connectivity index (χ3n) is 2.94. The maximum Gasteiger partial charge on any atom is 0.271 e. The van der Waals surface area contributed by atoms with Crippen LogP contribution in [0.25, 0.3) is 10.1 Å². The van der Waals surface area contributed by atoms with E-state index in [4.69, 9.17) is 0 Å². The highest BCUT2D eigenvalue weighted by atomic mass is 32.2. The maximum absolute atomic E-state index is 12.4. The van der Waals surface area contributed by atoms with Gasteiger partial charge >= 0.3 is 0 Å². The first-order chi connectivity index (χ1) is 10.1. The average molecular weight is 319 g/mol. The minimum Gasteiger partial charge on any atom is -0.373 e. The van der Waals surface area contributed by atoms with E-state index in [1.165, 1.54) is 17.5 Å². The first-order valence-corrected chi connectivity index (χ1v) is 8.54. The molecule has 21 heavy (non-hydrogen) atoms. The number of hydrogen-bond acceptors (Lipinski definition) is 5. The predicted octanol–water partition coefficient (Wildman–Crippen LogP) is 3.14. The molecule has 3 rings (SSSR count). The zero-order valence-electron chi connectivity index (χ0n) is 11.2. The molecule has 5 nitrogen and oxygen atoms in total. The van der Waals surface area contributed by atoms with Gasteiger partial charge in [0.25, 0.3) is 10.0 Å². The minimum atomic E-state index is -3.59. The summed E-state index contributed by atoms with van der Waals surface area (Å²) in [6, 6.07) is 12.6. The van der Waals surface area contributed by atoms with Crippen LogP contribution in [0.2, 0.25) is 0 Å². The molecule has 0 radical (unpaired) electrons. The summed E-state index contributed by atoms with van der Waals surface area (Å²) < 4.78 is 28.5. The Morgan fingerprint density at radius 1 is 1.14 bits per heavy atom. The number of fused-ring (bicyclic) bond motifs is 1. The van der Waals surface area contributed by atoms with Gasteiger partial charge in [-0.2, -0.15) is 0 Å². The van der Waals surface area contributed by atoms with Crippen LogP contribution in [0, 0.1) is 0 Å². The van der Waals surface area contributed by atoms with E-state index in [9.17, 15) is 8.42 Å². The number of pyridine rings is 1. The Labute approximate surface area is 126 Å². The molecule has 0 spiro atoms. The highest BCUT2D eigenvalue weighted by Crippen LogP contribution is 2.29. The van der Waals surface area contributed by atoms with Gasteiger partial charge in [0.1, 0.15) is 10.0 Å². The Hall–Kier alpha value is -2.12. The van der Waals surface area contributed by atoms with E-state index < -0.39 is 10.0 Å². The van der Waals surface area contributed by atoms with Gasteiger partial charge in [0.2, 0.25) is 0 Å². The van der Waals surface area contributed by atoms with Crippen molar-refractivity contribution in [2.45, 2.75) is 4.21 Å². The second kappa shape index (κ2) is 5.34. The van der Waals surface area contributed by atoms with Crippen LogP contribution in [0.15, 0.2) is 52.9 Å². The average Bonchev–Trinajstić information content (AvgIpc) is 2.92. The van der Waals surface area contributed by atoms with Gasteiger partial charge in [-0.25, -0.2) is 13.4 Å². The van der Waals surface area contributed by atoms with E-state index in [0.717, 1.165) is 10.1 Å². The lowest BCUT2D eigenvalue weighted by Crippen LogP contribution is -2.11. The second-order valence-electron chi connectivity index (χ2n) is 4.39. The van der Waals surface area contributed by atoms with Crippen molar-refractivity contribution in [3.63, 3.8) is 0 Å². The summed E-state index contributed by atoms with van der Waals surface area (Å²) in [5.74, 6) is 0.680. The highest BCUT2D eigenvalue weighted by Gasteiger charge is 2.17. The number of benzene rings is 1. The first kappa shape index (κ1) is 13.8. The lowest BCUT2D eigenvalue weighted by atomic mass is 10.3. The first-order valence-electron chi connectivity index (χ1n) is 6.24. The molecule has 0 aliphatic heterocycles. The molecule has 0 saturated heterocycles. The predicted molar refractivity (Wildman–Crippen MR) is 86.4 cm³/mol. The Morgan fingerprint density at radius 2 is 1.95 bits per heavy atom. The summed E-state index contributed by atoms with van der Waals surface area (Å²) in [6.45, 7) is 0. The molecular weight excluding hydrogens is 306 g/mol. The lowest BCUT2D eigenvalue weighted by molar-refractivity contribution is 0.603. The van der Waals surface area contributed by atoms with E-state index in [1.807, 2.05) is 24.3 Å². The summed E-state index contributed by atoms with van der Waals surface area (Å²) in [7, 11) is -1.83. The second-order valence-corrected chi connectivity index (χ2v) is 7.38. The molecule has 2 N–H and O–H groups in total. The quantitative estimate of drug-likeness (QED) is 0.775. The number of hydrogen-bond donors (Lipinski definition) is 2. The third kappa shape index (κ3) is 2.84. The van der Waals surface area contributed by atoms with Crippen molar-refractivity contribution in [2.24, 2.45) is 0 Å². The summed E-state index contributed by atoms with van der Waals surface area (Å²) in [6.07, 6.45) is 1.48. The van der Waals surface area contributed by atoms with Crippen LogP contribution in [0.4, 0.5) is 11.5 Å². The largest absolute Gasteiger partial charge is 0.373 e. The van der Waals surface area contributed by atoms with Crippen LogP contribution in [0.1, 0.15) is 0 Å². The SMILES string of the molecule is CNc1ccc(NS(=O)(=O)c2cc3ccccc3s2)cn1. The van der Waals surface area contributed by atoms with E-state index in [0.29, 0.717) is 15.7 Å². The molecule has 3 aromatic rings. The van der Waals surface area contributed by atoms with Crippen molar-refractivity contribution in [2.75, 3.05) is 17.1 Å². The van der Waals surface area contributed by atoms with Crippen molar-refractivity contribution < 1.29 is 8.42 Å². The van der Waals surface area contributed by atoms with Crippen molar-refractivity contribution >= 4 is 43.0 Å². The fourth-order valence-corrected chi connectivity index (χ4v) is 4.34. The van der Waals surface area contributed by atoms with Crippen molar-refractivity contribution in [3.8, 4) is 0 Å². The molecule has 108 valence electrons. The molecule has 0 unspecified atom stereocenters. The Bertz CT molecular complexity index is 838. The summed E-state index contributed by atoms with van der Waals surface area (Å²) >= 11 is 1.25. The van der Waals surface area contributed by atoms with Crippen LogP contribution in [-0.2, 0) is 10.0 Å². The fraction of sp³-hybridized carbons (Fsp3) is 0.0714. The number of anilines is 2. The molecule has 0 saturated carbocycles. The van der Waals surface area contributed by atoms with Crippen molar-refractivity contribution in [1.29, 1.82) is 0 Å². The molecule has 0 atom stereocenters. The van der Waals surface area contributed by atoms with Gasteiger partial charge in [0.05, 0.1) is 11.9 Å². The fourth-order valence-electron chi connectivity index (χ4n) is 1.90. The number of sulfonamides is 1. The standard InChI is InChI=1S/C14H13N3O2S2/c1-15-13-7-6-11(9-16-13)17-21(18,19)14-8-10-4-2-3-5-12(10)20-14/h2-9,17H,1H3,(H,15,16). The smallest absolute Gasteiger partial charge is 0.271 e. The molecule has 0 aliphatic carbocycles. The number of nitrogens with one attached hydrogen (secondary N) is 2. The van der Waals surface area contributed by atoms with Crippen LogP contribution in [0.5, 0.6) is 0 Å². The molecule has 1 aromatic carbocycles. The Kier molecular flexibility index (Phi) is 3.52. The molecule has 0 bridgehead atoms. The summed E-state index contributed by atoms with van der Waals surface area (Å²) in [4.78, 5) is 4.08. The van der Waals surface area contributed by atoms with Gasteiger partial charge in [0, 0.05) is 11.7 Å². The van der Waals surface area contributed by atoms with Gasteiger partial charge in [-0.15, -0.1) is 11.3 Å². The van der Waals surface area contributed by atoms with Gasteiger partial charge in [-0.1, -0.05) is 18.2 Å². The Balaban J connectivity index is 1.92. The van der Waals surface area contributed by atoms with Gasteiger partial charge in [0.15, 0.2) is 0 Å². The molecule has 0 amide bonds. The lowest BCUT2D eigenvalue weighted by Gasteiger charge is -2.06. The normalized spacial score (nSPS) is 11.5. The zero-order chi connectivity index (χ0) is 14.9. The monoisotopic (exact) mass is 319 g/mol. The third-order valence-corrected chi connectivity index (χ3v) is 5.91.